The number of rotatable bonds is 5. The van der Waals surface area contributed by atoms with E-state index in [0.717, 1.165) is 6.07 Å². The van der Waals surface area contributed by atoms with Crippen molar-refractivity contribution in [2.75, 3.05) is 5.32 Å². The van der Waals surface area contributed by atoms with Crippen LogP contribution in [0.15, 0.2) is 42.5 Å². The van der Waals surface area contributed by atoms with Gasteiger partial charge in [-0.2, -0.15) is 13.2 Å². The van der Waals surface area contributed by atoms with Crippen molar-refractivity contribution in [1.29, 1.82) is 0 Å². The van der Waals surface area contributed by atoms with E-state index in [1.165, 1.54) is 37.3 Å². The van der Waals surface area contributed by atoms with Gasteiger partial charge in [0.2, 0.25) is 0 Å². The van der Waals surface area contributed by atoms with E-state index in [4.69, 9.17) is 21.4 Å². The number of hydrogen-bond acceptors (Lipinski definition) is 4. The van der Waals surface area contributed by atoms with Gasteiger partial charge >= 0.3 is 12.1 Å². The lowest BCUT2D eigenvalue weighted by molar-refractivity contribution is -0.137. The first-order valence-electron chi connectivity index (χ1n) is 7.70. The molecule has 0 saturated carbocycles. The predicted molar refractivity (Wildman–Crippen MR) is 92.3 cm³/mol. The number of amides is 1. The Kier molecular flexibility index (Phi) is 6.45. The molecule has 9 heteroatoms. The number of benzene rings is 2. The Labute approximate surface area is 157 Å². The first kappa shape index (κ1) is 20.7. The van der Waals surface area contributed by atoms with Crippen molar-refractivity contribution >= 4 is 29.2 Å². The largest absolute Gasteiger partial charge is 0.449 e. The molecule has 0 saturated heterocycles. The zero-order valence-corrected chi connectivity index (χ0v) is 14.8. The molecule has 2 rings (SSSR count). The smallest absolute Gasteiger partial charge is 0.418 e. The first-order valence-corrected chi connectivity index (χ1v) is 8.08. The Bertz CT molecular complexity index is 837. The van der Waals surface area contributed by atoms with Crippen LogP contribution in [0.3, 0.4) is 0 Å². The van der Waals surface area contributed by atoms with Crippen LogP contribution in [0.4, 0.5) is 18.9 Å². The molecule has 0 aliphatic heterocycles. The predicted octanol–water partition coefficient (Wildman–Crippen LogP) is 4.04. The monoisotopic (exact) mass is 401 g/mol. The van der Waals surface area contributed by atoms with Crippen LogP contribution in [0.2, 0.25) is 5.02 Å². The number of aliphatic hydroxyl groups is 1. The van der Waals surface area contributed by atoms with Crippen LogP contribution in [0, 0.1) is 0 Å². The van der Waals surface area contributed by atoms with Gasteiger partial charge in [0, 0.05) is 5.02 Å². The van der Waals surface area contributed by atoms with Crippen LogP contribution in [0.1, 0.15) is 28.4 Å². The van der Waals surface area contributed by atoms with E-state index < -0.39 is 35.4 Å². The SMILES string of the molecule is C[C@@H](OC(=O)c1ccc(CO)cc1)C(=O)Nc1ccc(Cl)cc1C(F)(F)F. The van der Waals surface area contributed by atoms with Gasteiger partial charge in [0.15, 0.2) is 6.10 Å². The van der Waals surface area contributed by atoms with Crippen LogP contribution >= 0.6 is 11.6 Å². The van der Waals surface area contributed by atoms with E-state index in [-0.39, 0.29) is 17.2 Å². The van der Waals surface area contributed by atoms with Gasteiger partial charge < -0.3 is 15.2 Å². The molecule has 0 bridgehead atoms. The van der Waals surface area contributed by atoms with Crippen molar-refractivity contribution in [3.05, 3.63) is 64.2 Å². The molecule has 1 atom stereocenters. The van der Waals surface area contributed by atoms with Crippen molar-refractivity contribution in [2.24, 2.45) is 0 Å². The number of nitrogens with one attached hydrogen (secondary N) is 1. The molecule has 0 unspecified atom stereocenters. The summed E-state index contributed by atoms with van der Waals surface area (Å²) in [6.07, 6.45) is -6.06. The normalized spacial score (nSPS) is 12.4. The maximum Gasteiger partial charge on any atom is 0.418 e. The van der Waals surface area contributed by atoms with Crippen LogP contribution in [-0.4, -0.2) is 23.1 Å². The molecule has 0 aromatic heterocycles. The van der Waals surface area contributed by atoms with Crippen LogP contribution in [-0.2, 0) is 22.3 Å². The van der Waals surface area contributed by atoms with Crippen molar-refractivity contribution in [3.8, 4) is 0 Å². The zero-order valence-electron chi connectivity index (χ0n) is 14.0. The van der Waals surface area contributed by atoms with Gasteiger partial charge in [0.05, 0.1) is 23.4 Å². The quantitative estimate of drug-likeness (QED) is 0.741. The number of ether oxygens (including phenoxy) is 1. The number of hydrogen-bond donors (Lipinski definition) is 2. The molecule has 0 radical (unpaired) electrons. The van der Waals surface area contributed by atoms with Gasteiger partial charge in [-0.05, 0) is 42.8 Å². The van der Waals surface area contributed by atoms with E-state index in [2.05, 4.69) is 5.32 Å². The highest BCUT2D eigenvalue weighted by molar-refractivity contribution is 6.30. The third-order valence-corrected chi connectivity index (χ3v) is 3.81. The molecule has 0 heterocycles. The van der Waals surface area contributed by atoms with Crippen molar-refractivity contribution in [2.45, 2.75) is 25.8 Å². The number of anilines is 1. The number of alkyl halides is 3. The summed E-state index contributed by atoms with van der Waals surface area (Å²) in [7, 11) is 0. The summed E-state index contributed by atoms with van der Waals surface area (Å²) >= 11 is 5.58. The Balaban J connectivity index is 2.08. The lowest BCUT2D eigenvalue weighted by atomic mass is 10.1. The number of carbonyl (C=O) groups is 2. The summed E-state index contributed by atoms with van der Waals surface area (Å²) in [6, 6.07) is 8.72. The Morgan fingerprint density at radius 1 is 1.19 bits per heavy atom. The Hall–Kier alpha value is -2.58. The molecule has 2 aromatic rings. The van der Waals surface area contributed by atoms with E-state index in [0.29, 0.717) is 11.6 Å². The lowest BCUT2D eigenvalue weighted by Gasteiger charge is -2.17. The first-order chi connectivity index (χ1) is 12.6. The molecule has 27 heavy (non-hydrogen) atoms. The van der Waals surface area contributed by atoms with Crippen LogP contribution in [0.5, 0.6) is 0 Å². The fourth-order valence-electron chi connectivity index (χ4n) is 2.12. The average molecular weight is 402 g/mol. The van der Waals surface area contributed by atoms with Crippen molar-refractivity contribution in [3.63, 3.8) is 0 Å². The minimum Gasteiger partial charge on any atom is -0.449 e. The molecular weight excluding hydrogens is 387 g/mol. The molecule has 2 aromatic carbocycles. The van der Waals surface area contributed by atoms with Gasteiger partial charge in [0.1, 0.15) is 0 Å². The summed E-state index contributed by atoms with van der Waals surface area (Å²) in [5.74, 6) is -1.75. The van der Waals surface area contributed by atoms with E-state index >= 15 is 0 Å². The molecule has 1 amide bonds. The van der Waals surface area contributed by atoms with E-state index in [1.807, 2.05) is 0 Å². The fraction of sp³-hybridized carbons (Fsp3) is 0.222. The summed E-state index contributed by atoms with van der Waals surface area (Å²) in [5.41, 5.74) is -0.886. The van der Waals surface area contributed by atoms with Crippen molar-refractivity contribution < 1.29 is 32.6 Å². The highest BCUT2D eigenvalue weighted by atomic mass is 35.5. The molecule has 0 aliphatic carbocycles. The van der Waals surface area contributed by atoms with Crippen LogP contribution in [0.25, 0.3) is 0 Å². The summed E-state index contributed by atoms with van der Waals surface area (Å²) in [6.45, 7) is 1.04. The fourth-order valence-corrected chi connectivity index (χ4v) is 2.29. The third kappa shape index (κ3) is 5.45. The standard InChI is InChI=1S/C18H15ClF3NO4/c1-10(27-17(26)12-4-2-11(9-24)3-5-12)16(25)23-15-7-6-13(19)8-14(15)18(20,21)22/h2-8,10,24H,9H2,1H3,(H,23,25)/t10-/m1/s1. The molecule has 0 aliphatic rings. The minimum absolute atomic E-state index is 0.133. The highest BCUT2D eigenvalue weighted by Gasteiger charge is 2.34. The lowest BCUT2D eigenvalue weighted by Crippen LogP contribution is -2.30. The van der Waals surface area contributed by atoms with Crippen molar-refractivity contribution in [1.82, 2.24) is 0 Å². The molecule has 5 nitrogen and oxygen atoms in total. The second-order valence-electron chi connectivity index (χ2n) is 5.58. The van der Waals surface area contributed by atoms with Gasteiger partial charge in [0.25, 0.3) is 5.91 Å². The Morgan fingerprint density at radius 3 is 2.37 bits per heavy atom. The zero-order chi connectivity index (χ0) is 20.2. The van der Waals surface area contributed by atoms with E-state index in [9.17, 15) is 22.8 Å². The average Bonchev–Trinajstić information content (AvgIpc) is 2.62. The number of aliphatic hydroxyl groups excluding tert-OH is 1. The van der Waals surface area contributed by atoms with E-state index in [1.54, 1.807) is 0 Å². The second kappa shape index (κ2) is 8.41. The highest BCUT2D eigenvalue weighted by Crippen LogP contribution is 2.36. The number of esters is 1. The molecular formula is C18H15ClF3NO4. The van der Waals surface area contributed by atoms with Crippen LogP contribution < -0.4 is 5.32 Å². The minimum atomic E-state index is -4.72. The molecule has 0 spiro atoms. The molecule has 0 fully saturated rings. The number of carbonyl (C=O) groups excluding carboxylic acids is 2. The summed E-state index contributed by atoms with van der Waals surface area (Å²) < 4.78 is 44.2. The van der Waals surface area contributed by atoms with Gasteiger partial charge in [-0.15, -0.1) is 0 Å². The van der Waals surface area contributed by atoms with Gasteiger partial charge in [-0.25, -0.2) is 4.79 Å². The van der Waals surface area contributed by atoms with Gasteiger partial charge in [-0.3, -0.25) is 4.79 Å². The maximum absolute atomic E-state index is 13.1. The topological polar surface area (TPSA) is 75.6 Å². The molecule has 144 valence electrons. The summed E-state index contributed by atoms with van der Waals surface area (Å²) in [5, 5.41) is 10.9. The van der Waals surface area contributed by atoms with Gasteiger partial charge in [-0.1, -0.05) is 23.7 Å². The third-order valence-electron chi connectivity index (χ3n) is 3.57. The Morgan fingerprint density at radius 2 is 1.81 bits per heavy atom. The summed E-state index contributed by atoms with van der Waals surface area (Å²) in [4.78, 5) is 24.1. The number of halogens is 4. The second-order valence-corrected chi connectivity index (χ2v) is 6.02. The molecule has 2 N–H and O–H groups in total. The maximum atomic E-state index is 13.1.